The summed E-state index contributed by atoms with van der Waals surface area (Å²) in [5.41, 5.74) is 4.38. The fraction of sp³-hybridized carbons (Fsp3) is 0. The van der Waals surface area contributed by atoms with Crippen molar-refractivity contribution in [3.63, 3.8) is 0 Å². The minimum atomic E-state index is -0.442. The zero-order valence-corrected chi connectivity index (χ0v) is 9.35. The van der Waals surface area contributed by atoms with E-state index < -0.39 is 4.92 Å². The first-order valence-electron chi connectivity index (χ1n) is 5.19. The van der Waals surface area contributed by atoms with Gasteiger partial charge in [-0.25, -0.2) is 0 Å². The molecule has 0 unspecified atom stereocenters. The Bertz CT molecular complexity index is 552. The van der Waals surface area contributed by atoms with E-state index in [1.807, 2.05) is 12.1 Å². The number of hydrogen-bond donors (Lipinski definition) is 1. The first-order chi connectivity index (χ1) is 8.75. The third kappa shape index (κ3) is 3.11. The predicted octanol–water partition coefficient (Wildman–Crippen LogP) is 2.44. The van der Waals surface area contributed by atoms with Gasteiger partial charge in [0.25, 0.3) is 5.69 Å². The van der Waals surface area contributed by atoms with E-state index in [-0.39, 0.29) is 5.69 Å². The maximum atomic E-state index is 10.5. The largest absolute Gasteiger partial charge is 0.278 e. The zero-order chi connectivity index (χ0) is 12.8. The number of anilines is 1. The van der Waals surface area contributed by atoms with Crippen LogP contribution in [0.5, 0.6) is 0 Å². The summed E-state index contributed by atoms with van der Waals surface area (Å²) in [6.45, 7) is 0. The van der Waals surface area contributed by atoms with Crippen LogP contribution in [0.15, 0.2) is 53.9 Å². The number of nitrogens with one attached hydrogen (secondary N) is 1. The monoisotopic (exact) mass is 242 g/mol. The van der Waals surface area contributed by atoms with Crippen LogP contribution in [0.1, 0.15) is 5.56 Å². The number of nitro groups is 1. The van der Waals surface area contributed by atoms with E-state index in [1.165, 1.54) is 12.1 Å². The van der Waals surface area contributed by atoms with Crippen LogP contribution in [-0.2, 0) is 0 Å². The minimum Gasteiger partial charge on any atom is -0.278 e. The van der Waals surface area contributed by atoms with E-state index in [0.717, 1.165) is 5.56 Å². The lowest BCUT2D eigenvalue weighted by atomic mass is 10.3. The van der Waals surface area contributed by atoms with Gasteiger partial charge in [0.15, 0.2) is 0 Å². The third-order valence-corrected chi connectivity index (χ3v) is 2.17. The zero-order valence-electron chi connectivity index (χ0n) is 9.35. The summed E-state index contributed by atoms with van der Waals surface area (Å²) in [5, 5.41) is 14.5. The van der Waals surface area contributed by atoms with Crippen molar-refractivity contribution in [2.45, 2.75) is 0 Å². The number of non-ortho nitro benzene ring substituents is 1. The minimum absolute atomic E-state index is 0.0526. The Hall–Kier alpha value is -2.76. The first-order valence-corrected chi connectivity index (χ1v) is 5.19. The summed E-state index contributed by atoms with van der Waals surface area (Å²) in [5.74, 6) is 0. The molecule has 1 aromatic carbocycles. The van der Waals surface area contributed by atoms with Gasteiger partial charge in [-0.15, -0.1) is 0 Å². The van der Waals surface area contributed by atoms with Crippen molar-refractivity contribution in [2.75, 3.05) is 5.43 Å². The summed E-state index contributed by atoms with van der Waals surface area (Å²) >= 11 is 0. The fourth-order valence-corrected chi connectivity index (χ4v) is 1.29. The van der Waals surface area contributed by atoms with Crippen molar-refractivity contribution in [2.24, 2.45) is 5.10 Å². The van der Waals surface area contributed by atoms with Gasteiger partial charge >= 0.3 is 0 Å². The second-order valence-corrected chi connectivity index (χ2v) is 3.46. The van der Waals surface area contributed by atoms with Gasteiger partial charge in [0.1, 0.15) is 0 Å². The molecule has 0 atom stereocenters. The molecule has 6 nitrogen and oxygen atoms in total. The van der Waals surface area contributed by atoms with Gasteiger partial charge in [0.2, 0.25) is 0 Å². The molecule has 2 rings (SSSR count). The van der Waals surface area contributed by atoms with E-state index >= 15 is 0 Å². The summed E-state index contributed by atoms with van der Waals surface area (Å²) < 4.78 is 0. The third-order valence-electron chi connectivity index (χ3n) is 2.17. The van der Waals surface area contributed by atoms with Crippen LogP contribution in [0.25, 0.3) is 0 Å². The van der Waals surface area contributed by atoms with E-state index in [2.05, 4.69) is 15.5 Å². The van der Waals surface area contributed by atoms with Gasteiger partial charge in [-0.1, -0.05) is 6.07 Å². The molecular formula is C12H10N4O2. The smallest absolute Gasteiger partial charge is 0.269 e. The van der Waals surface area contributed by atoms with Crippen LogP contribution >= 0.6 is 0 Å². The lowest BCUT2D eigenvalue weighted by molar-refractivity contribution is -0.384. The van der Waals surface area contributed by atoms with E-state index in [1.54, 1.807) is 30.7 Å². The highest BCUT2D eigenvalue weighted by atomic mass is 16.6. The molecule has 0 saturated carbocycles. The molecule has 0 saturated heterocycles. The molecular weight excluding hydrogens is 232 g/mol. The molecule has 1 aromatic heterocycles. The Kier molecular flexibility index (Phi) is 3.60. The molecule has 0 bridgehead atoms. The molecule has 0 fully saturated rings. The molecule has 1 N–H and O–H groups in total. The van der Waals surface area contributed by atoms with Gasteiger partial charge in [-0.3, -0.25) is 20.5 Å². The second kappa shape index (κ2) is 5.53. The van der Waals surface area contributed by atoms with E-state index in [4.69, 9.17) is 0 Å². The highest BCUT2D eigenvalue weighted by molar-refractivity contribution is 5.79. The molecule has 18 heavy (non-hydrogen) atoms. The number of aromatic nitrogens is 1. The van der Waals surface area contributed by atoms with Crippen LogP contribution in [0.3, 0.4) is 0 Å². The molecule has 0 amide bonds. The Morgan fingerprint density at radius 1 is 1.28 bits per heavy atom. The lowest BCUT2D eigenvalue weighted by Gasteiger charge is -1.99. The van der Waals surface area contributed by atoms with Crippen LogP contribution in [0, 0.1) is 10.1 Å². The molecule has 2 aromatic rings. The number of nitro benzene ring substituents is 1. The first kappa shape index (κ1) is 11.7. The molecule has 0 spiro atoms. The average molecular weight is 242 g/mol. The quantitative estimate of drug-likeness (QED) is 0.507. The van der Waals surface area contributed by atoms with Gasteiger partial charge in [-0.2, -0.15) is 5.10 Å². The molecule has 0 radical (unpaired) electrons. The number of hydrazone groups is 1. The van der Waals surface area contributed by atoms with Crippen molar-refractivity contribution < 1.29 is 4.92 Å². The maximum Gasteiger partial charge on any atom is 0.269 e. The molecule has 0 aliphatic heterocycles. The summed E-state index contributed by atoms with van der Waals surface area (Å²) in [6, 6.07) is 9.71. The highest BCUT2D eigenvalue weighted by Gasteiger charge is 2.02. The number of nitrogens with zero attached hydrogens (tertiary/aromatic N) is 3. The van der Waals surface area contributed by atoms with Crippen LogP contribution in [0.2, 0.25) is 0 Å². The van der Waals surface area contributed by atoms with Crippen molar-refractivity contribution in [1.29, 1.82) is 0 Å². The van der Waals surface area contributed by atoms with Gasteiger partial charge < -0.3 is 0 Å². The van der Waals surface area contributed by atoms with Gasteiger partial charge in [-0.05, 0) is 18.2 Å². The van der Waals surface area contributed by atoms with Crippen molar-refractivity contribution in [1.82, 2.24) is 4.98 Å². The molecule has 6 heteroatoms. The lowest BCUT2D eigenvalue weighted by Crippen LogP contribution is -1.92. The second-order valence-electron chi connectivity index (χ2n) is 3.46. The number of rotatable bonds is 4. The average Bonchev–Trinajstić information content (AvgIpc) is 2.40. The standard InChI is InChI=1S/C12H10N4O2/c17-16(18)12-5-3-11(4-6-12)15-14-9-10-2-1-7-13-8-10/h1-9,15H/b14-9-. The van der Waals surface area contributed by atoms with Crippen molar-refractivity contribution >= 4 is 17.6 Å². The van der Waals surface area contributed by atoms with Gasteiger partial charge in [0, 0.05) is 30.1 Å². The van der Waals surface area contributed by atoms with Crippen LogP contribution < -0.4 is 5.43 Å². The topological polar surface area (TPSA) is 80.4 Å². The Morgan fingerprint density at radius 2 is 2.06 bits per heavy atom. The summed E-state index contributed by atoms with van der Waals surface area (Å²) in [6.07, 6.45) is 4.98. The van der Waals surface area contributed by atoms with Crippen LogP contribution in [-0.4, -0.2) is 16.1 Å². The van der Waals surface area contributed by atoms with Crippen LogP contribution in [0.4, 0.5) is 11.4 Å². The number of pyridine rings is 1. The Balaban J connectivity index is 1.98. The predicted molar refractivity (Wildman–Crippen MR) is 68.6 cm³/mol. The fourth-order valence-electron chi connectivity index (χ4n) is 1.29. The van der Waals surface area contributed by atoms with Crippen molar-refractivity contribution in [3.05, 3.63) is 64.5 Å². The van der Waals surface area contributed by atoms with Gasteiger partial charge in [0.05, 0.1) is 16.8 Å². The molecule has 0 aliphatic carbocycles. The highest BCUT2D eigenvalue weighted by Crippen LogP contribution is 2.15. The molecule has 0 aliphatic rings. The van der Waals surface area contributed by atoms with E-state index in [9.17, 15) is 10.1 Å². The normalized spacial score (nSPS) is 10.4. The summed E-state index contributed by atoms with van der Waals surface area (Å²) in [7, 11) is 0. The number of hydrogen-bond acceptors (Lipinski definition) is 5. The Labute approximate surface area is 103 Å². The maximum absolute atomic E-state index is 10.5. The molecule has 90 valence electrons. The van der Waals surface area contributed by atoms with Crippen molar-refractivity contribution in [3.8, 4) is 0 Å². The number of benzene rings is 1. The Morgan fingerprint density at radius 3 is 2.67 bits per heavy atom. The summed E-state index contributed by atoms with van der Waals surface area (Å²) in [4.78, 5) is 14.0. The SMILES string of the molecule is O=[N+]([O-])c1ccc(N/N=C\c2cccnc2)cc1. The van der Waals surface area contributed by atoms with E-state index in [0.29, 0.717) is 5.69 Å². The molecule has 1 heterocycles.